The third-order valence-electron chi connectivity index (χ3n) is 7.32. The highest BCUT2D eigenvalue weighted by atomic mass is 16.3. The van der Waals surface area contributed by atoms with Crippen molar-refractivity contribution in [3.63, 3.8) is 0 Å². The van der Waals surface area contributed by atoms with Crippen LogP contribution in [-0.4, -0.2) is 68.5 Å². The summed E-state index contributed by atoms with van der Waals surface area (Å²) in [4.78, 5) is 39.7. The van der Waals surface area contributed by atoms with E-state index in [0.717, 1.165) is 18.4 Å². The Kier molecular flexibility index (Phi) is 5.25. The summed E-state index contributed by atoms with van der Waals surface area (Å²) in [6, 6.07) is 1.86. The number of aliphatic hydroxyl groups excluding tert-OH is 1. The predicted molar refractivity (Wildman–Crippen MR) is 128 cm³/mol. The number of rotatable bonds is 5. The summed E-state index contributed by atoms with van der Waals surface area (Å²) in [7, 11) is 0. The minimum absolute atomic E-state index is 0.0141. The molecule has 4 aromatic rings. The molecule has 4 aromatic heterocycles. The molecule has 184 valence electrons. The monoisotopic (exact) mass is 487 g/mol. The lowest BCUT2D eigenvalue weighted by Crippen LogP contribution is -2.46. The van der Waals surface area contributed by atoms with Crippen molar-refractivity contribution in [1.82, 2.24) is 39.7 Å². The fourth-order valence-electron chi connectivity index (χ4n) is 5.78. The number of hydrogen-bond acceptors (Lipinski definition) is 9. The minimum Gasteiger partial charge on any atom is -0.392 e. The van der Waals surface area contributed by atoms with Gasteiger partial charge in [-0.15, -0.1) is 10.2 Å². The van der Waals surface area contributed by atoms with E-state index in [9.17, 15) is 14.7 Å². The van der Waals surface area contributed by atoms with E-state index < -0.39 is 0 Å². The Balaban J connectivity index is 1.42. The SMILES string of the molecule is CC(=O)c1c([C@H]2C[C@H]3CC[C@@H](C2)N3C(=O)c2nnc[nH]2)nc2c(-c3cncc(CO)c3)cnn2c1N. The Hall–Kier alpha value is -4.19. The van der Waals surface area contributed by atoms with Crippen molar-refractivity contribution in [2.24, 2.45) is 0 Å². The molecule has 0 radical (unpaired) electrons. The number of hydrogen-bond donors (Lipinski definition) is 3. The summed E-state index contributed by atoms with van der Waals surface area (Å²) in [6.07, 6.45) is 9.43. The number of nitrogen functional groups attached to an aromatic ring is 1. The fraction of sp³-hybridized carbons (Fsp3) is 0.375. The molecule has 1 amide bonds. The van der Waals surface area contributed by atoms with Gasteiger partial charge in [-0.3, -0.25) is 14.6 Å². The Morgan fingerprint density at radius 2 is 1.97 bits per heavy atom. The van der Waals surface area contributed by atoms with Crippen LogP contribution in [0.15, 0.2) is 31.0 Å². The molecule has 4 N–H and O–H groups in total. The van der Waals surface area contributed by atoms with E-state index in [1.165, 1.54) is 17.8 Å². The van der Waals surface area contributed by atoms with E-state index in [1.54, 1.807) is 18.6 Å². The zero-order valence-electron chi connectivity index (χ0n) is 19.6. The summed E-state index contributed by atoms with van der Waals surface area (Å²) in [6.45, 7) is 1.35. The van der Waals surface area contributed by atoms with Gasteiger partial charge >= 0.3 is 0 Å². The van der Waals surface area contributed by atoms with E-state index in [-0.39, 0.29) is 47.9 Å². The van der Waals surface area contributed by atoms with Crippen LogP contribution < -0.4 is 5.73 Å². The number of piperidine rings is 1. The van der Waals surface area contributed by atoms with Gasteiger partial charge in [0.1, 0.15) is 12.1 Å². The van der Waals surface area contributed by atoms with Gasteiger partial charge in [-0.05, 0) is 44.2 Å². The van der Waals surface area contributed by atoms with Gasteiger partial charge in [0.25, 0.3) is 5.91 Å². The fourth-order valence-corrected chi connectivity index (χ4v) is 5.78. The van der Waals surface area contributed by atoms with Crippen LogP contribution in [-0.2, 0) is 6.61 Å². The lowest BCUT2D eigenvalue weighted by Gasteiger charge is -2.38. The van der Waals surface area contributed by atoms with Crippen LogP contribution in [0.2, 0.25) is 0 Å². The maximum atomic E-state index is 13.1. The third-order valence-corrected chi connectivity index (χ3v) is 7.32. The predicted octanol–water partition coefficient (Wildman–Crippen LogP) is 1.74. The zero-order valence-corrected chi connectivity index (χ0v) is 19.6. The number of H-pyrrole nitrogens is 1. The number of nitrogens with zero attached hydrogens (tertiary/aromatic N) is 7. The molecule has 0 aliphatic carbocycles. The molecule has 0 unspecified atom stereocenters. The Morgan fingerprint density at radius 1 is 1.19 bits per heavy atom. The molecule has 0 spiro atoms. The molecular weight excluding hydrogens is 462 g/mol. The van der Waals surface area contributed by atoms with Gasteiger partial charge in [0, 0.05) is 41.5 Å². The highest BCUT2D eigenvalue weighted by Crippen LogP contribution is 2.45. The number of amides is 1. The van der Waals surface area contributed by atoms with Crippen molar-refractivity contribution >= 4 is 23.2 Å². The summed E-state index contributed by atoms with van der Waals surface area (Å²) < 4.78 is 1.48. The molecule has 2 aliphatic rings. The number of aromatic nitrogens is 7. The van der Waals surface area contributed by atoms with Gasteiger partial charge in [0.15, 0.2) is 11.4 Å². The van der Waals surface area contributed by atoms with Crippen LogP contribution in [0.5, 0.6) is 0 Å². The molecule has 12 nitrogen and oxygen atoms in total. The number of carbonyl (C=O) groups excluding carboxylic acids is 2. The Bertz CT molecular complexity index is 1470. The molecular formula is C24H25N9O3. The second-order valence-corrected chi connectivity index (χ2v) is 9.45. The number of aromatic amines is 1. The largest absolute Gasteiger partial charge is 0.392 e. The number of pyridine rings is 1. The molecule has 36 heavy (non-hydrogen) atoms. The van der Waals surface area contributed by atoms with Crippen molar-refractivity contribution < 1.29 is 14.7 Å². The number of carbonyl (C=O) groups is 2. The van der Waals surface area contributed by atoms with Gasteiger partial charge < -0.3 is 20.7 Å². The summed E-state index contributed by atoms with van der Waals surface area (Å²) in [5.41, 5.74) is 10.2. The number of anilines is 1. The number of ketones is 1. The van der Waals surface area contributed by atoms with E-state index in [2.05, 4.69) is 25.3 Å². The average molecular weight is 488 g/mol. The van der Waals surface area contributed by atoms with E-state index in [1.807, 2.05) is 11.0 Å². The number of aliphatic hydroxyl groups is 1. The minimum atomic E-state index is -0.176. The molecule has 2 bridgehead atoms. The van der Waals surface area contributed by atoms with E-state index in [0.29, 0.717) is 40.9 Å². The molecule has 2 fully saturated rings. The van der Waals surface area contributed by atoms with Crippen LogP contribution in [0, 0.1) is 0 Å². The maximum Gasteiger partial charge on any atom is 0.292 e. The van der Waals surface area contributed by atoms with Gasteiger partial charge in [-0.2, -0.15) is 9.61 Å². The number of nitrogens with one attached hydrogen (secondary N) is 1. The van der Waals surface area contributed by atoms with E-state index in [4.69, 9.17) is 10.7 Å². The molecule has 12 heteroatoms. The van der Waals surface area contributed by atoms with Gasteiger partial charge in [-0.1, -0.05) is 0 Å². The second-order valence-electron chi connectivity index (χ2n) is 9.45. The smallest absolute Gasteiger partial charge is 0.292 e. The molecule has 6 rings (SSSR count). The summed E-state index contributed by atoms with van der Waals surface area (Å²) in [5.74, 6) is 0.110. The molecule has 0 aromatic carbocycles. The molecule has 3 atom stereocenters. The lowest BCUT2D eigenvalue weighted by molar-refractivity contribution is 0.0556. The van der Waals surface area contributed by atoms with Crippen molar-refractivity contribution in [3.8, 4) is 11.1 Å². The second kappa shape index (κ2) is 8.48. The topological polar surface area (TPSA) is 168 Å². The van der Waals surface area contributed by atoms with Crippen LogP contribution in [0.3, 0.4) is 0 Å². The number of fused-ring (bicyclic) bond motifs is 3. The Morgan fingerprint density at radius 3 is 2.64 bits per heavy atom. The van der Waals surface area contributed by atoms with Crippen LogP contribution in [0.1, 0.15) is 70.8 Å². The highest BCUT2D eigenvalue weighted by Gasteiger charge is 2.45. The molecule has 2 aliphatic heterocycles. The standard InChI is InChI=1S/C24H25N9O3/c1-12(35)19-20(14-5-16-2-3-17(6-14)32(16)24(36)22-27-11-28-31-22)30-23-18(9-29-33(23)21(19)25)15-4-13(10-34)7-26-8-15/h4,7-9,11,14,16-17,34H,2-3,5-6,10,25H2,1H3,(H,27,28,31)/t14-,16+,17-. The molecule has 2 saturated heterocycles. The molecule has 0 saturated carbocycles. The summed E-state index contributed by atoms with van der Waals surface area (Å²) in [5, 5.41) is 21.6. The van der Waals surface area contributed by atoms with Crippen molar-refractivity contribution in [2.45, 2.75) is 57.2 Å². The summed E-state index contributed by atoms with van der Waals surface area (Å²) >= 11 is 0. The van der Waals surface area contributed by atoms with E-state index >= 15 is 0 Å². The normalized spacial score (nSPS) is 21.3. The number of nitrogens with two attached hydrogens (primary N) is 1. The first-order valence-electron chi connectivity index (χ1n) is 11.9. The quantitative estimate of drug-likeness (QED) is 0.355. The first kappa shape index (κ1) is 22.3. The van der Waals surface area contributed by atoms with Crippen LogP contribution in [0.4, 0.5) is 5.82 Å². The van der Waals surface area contributed by atoms with Crippen LogP contribution >= 0.6 is 0 Å². The lowest BCUT2D eigenvalue weighted by atomic mass is 9.85. The van der Waals surface area contributed by atoms with Crippen molar-refractivity contribution in [2.75, 3.05) is 5.73 Å². The Labute approximate surface area is 205 Å². The zero-order chi connectivity index (χ0) is 25.0. The van der Waals surface area contributed by atoms with Crippen molar-refractivity contribution in [1.29, 1.82) is 0 Å². The number of Topliss-reactive ketones (excluding diaryl/α,β-unsaturated/α-hetero) is 1. The first-order valence-corrected chi connectivity index (χ1v) is 11.9. The van der Waals surface area contributed by atoms with Crippen molar-refractivity contribution in [3.05, 3.63) is 53.6 Å². The van der Waals surface area contributed by atoms with Gasteiger partial charge in [-0.25, -0.2) is 4.98 Å². The average Bonchev–Trinajstić information content (AvgIpc) is 3.62. The maximum absolute atomic E-state index is 13.1. The first-order chi connectivity index (χ1) is 17.5. The van der Waals surface area contributed by atoms with Gasteiger partial charge in [0.2, 0.25) is 5.82 Å². The van der Waals surface area contributed by atoms with Gasteiger partial charge in [0.05, 0.1) is 24.1 Å². The van der Waals surface area contributed by atoms with Crippen LogP contribution in [0.25, 0.3) is 16.8 Å². The highest BCUT2D eigenvalue weighted by molar-refractivity contribution is 6.00. The molecule has 6 heterocycles. The third kappa shape index (κ3) is 3.44.